The average molecular weight is 207 g/mol. The van der Waals surface area contributed by atoms with Gasteiger partial charge in [0.15, 0.2) is 0 Å². The number of hydrogen-bond donors (Lipinski definition) is 1. The molecule has 1 fully saturated rings. The van der Waals surface area contributed by atoms with Crippen molar-refractivity contribution in [3.05, 3.63) is 21.4 Å². The van der Waals surface area contributed by atoms with Crippen molar-refractivity contribution in [2.24, 2.45) is 0 Å². The van der Waals surface area contributed by atoms with Gasteiger partial charge in [0, 0.05) is 22.2 Å². The first-order valence-corrected chi connectivity index (χ1v) is 6.57. The Bertz CT molecular complexity index is 300. The summed E-state index contributed by atoms with van der Waals surface area (Å²) in [5.41, 5.74) is 1.67. The van der Waals surface area contributed by atoms with Crippen LogP contribution in [-0.2, 0) is 12.8 Å². The summed E-state index contributed by atoms with van der Waals surface area (Å²) < 4.78 is 0. The van der Waals surface area contributed by atoms with Gasteiger partial charge in [0.2, 0.25) is 0 Å². The van der Waals surface area contributed by atoms with Crippen molar-refractivity contribution in [2.45, 2.75) is 38.0 Å². The maximum atomic E-state index is 3.46. The third kappa shape index (κ3) is 1.51. The third-order valence-electron chi connectivity index (χ3n) is 3.48. The van der Waals surface area contributed by atoms with Crippen molar-refractivity contribution < 1.29 is 0 Å². The van der Waals surface area contributed by atoms with Crippen LogP contribution in [0.2, 0.25) is 0 Å². The highest BCUT2D eigenvalue weighted by atomic mass is 32.1. The van der Waals surface area contributed by atoms with Crippen LogP contribution in [0, 0.1) is 0 Å². The minimum absolute atomic E-state index is 0.825. The fourth-order valence-electron chi connectivity index (χ4n) is 2.61. The van der Waals surface area contributed by atoms with Crippen LogP contribution in [0.5, 0.6) is 0 Å². The summed E-state index contributed by atoms with van der Waals surface area (Å²) in [5, 5.41) is 3.46. The highest BCUT2D eigenvalue weighted by Gasteiger charge is 2.21. The average Bonchev–Trinajstić information content (AvgIpc) is 2.86. The standard InChI is InChI=1S/C12H17NS/c1-2-4-11-9(3-1)7-12(14-11)10-5-6-13-8-10/h7,10,13H,1-6,8H2. The van der Waals surface area contributed by atoms with E-state index in [1.54, 1.807) is 15.3 Å². The molecule has 0 aromatic carbocycles. The molecule has 1 aliphatic heterocycles. The van der Waals surface area contributed by atoms with Crippen LogP contribution in [0.3, 0.4) is 0 Å². The summed E-state index contributed by atoms with van der Waals surface area (Å²) in [7, 11) is 0. The minimum Gasteiger partial charge on any atom is -0.316 e. The SMILES string of the molecule is c1c(C2CCNC2)sc2c1CCCC2. The zero-order chi connectivity index (χ0) is 9.38. The number of thiophene rings is 1. The van der Waals surface area contributed by atoms with Crippen LogP contribution in [-0.4, -0.2) is 13.1 Å². The van der Waals surface area contributed by atoms with E-state index in [2.05, 4.69) is 22.7 Å². The fraction of sp³-hybridized carbons (Fsp3) is 0.667. The van der Waals surface area contributed by atoms with Crippen LogP contribution < -0.4 is 5.32 Å². The lowest BCUT2D eigenvalue weighted by atomic mass is 9.98. The van der Waals surface area contributed by atoms with Crippen molar-refractivity contribution in [1.82, 2.24) is 5.32 Å². The van der Waals surface area contributed by atoms with Gasteiger partial charge in [-0.25, -0.2) is 0 Å². The second kappa shape index (κ2) is 3.67. The predicted molar refractivity (Wildman–Crippen MR) is 61.2 cm³/mol. The fourth-order valence-corrected chi connectivity index (χ4v) is 4.00. The highest BCUT2D eigenvalue weighted by Crippen LogP contribution is 2.35. The van der Waals surface area contributed by atoms with Gasteiger partial charge in [-0.1, -0.05) is 0 Å². The molecule has 1 unspecified atom stereocenters. The summed E-state index contributed by atoms with van der Waals surface area (Å²) in [6.07, 6.45) is 6.85. The molecule has 1 aliphatic carbocycles. The van der Waals surface area contributed by atoms with Gasteiger partial charge in [0.1, 0.15) is 0 Å². The van der Waals surface area contributed by atoms with Gasteiger partial charge in [-0.3, -0.25) is 0 Å². The first-order chi connectivity index (χ1) is 6.93. The quantitative estimate of drug-likeness (QED) is 0.746. The Morgan fingerprint density at radius 3 is 3.00 bits per heavy atom. The van der Waals surface area contributed by atoms with E-state index in [-0.39, 0.29) is 0 Å². The van der Waals surface area contributed by atoms with Crippen LogP contribution in [0.15, 0.2) is 6.07 Å². The van der Waals surface area contributed by atoms with Crippen LogP contribution in [0.25, 0.3) is 0 Å². The molecule has 3 rings (SSSR count). The summed E-state index contributed by atoms with van der Waals surface area (Å²) in [6, 6.07) is 2.50. The molecule has 1 nitrogen and oxygen atoms in total. The Hall–Kier alpha value is -0.340. The number of nitrogens with one attached hydrogen (secondary N) is 1. The third-order valence-corrected chi connectivity index (χ3v) is 4.88. The molecule has 0 saturated carbocycles. The van der Waals surface area contributed by atoms with E-state index in [4.69, 9.17) is 0 Å². The summed E-state index contributed by atoms with van der Waals surface area (Å²) in [4.78, 5) is 3.35. The van der Waals surface area contributed by atoms with Gasteiger partial charge in [-0.2, -0.15) is 0 Å². The predicted octanol–water partition coefficient (Wildman–Crippen LogP) is 2.70. The molecule has 1 atom stereocenters. The van der Waals surface area contributed by atoms with Gasteiger partial charge < -0.3 is 5.32 Å². The van der Waals surface area contributed by atoms with E-state index in [0.717, 1.165) is 5.92 Å². The van der Waals surface area contributed by atoms with Crippen molar-refractivity contribution in [3.63, 3.8) is 0 Å². The molecule has 2 heterocycles. The van der Waals surface area contributed by atoms with E-state index in [0.29, 0.717) is 0 Å². The highest BCUT2D eigenvalue weighted by molar-refractivity contribution is 7.12. The van der Waals surface area contributed by atoms with Crippen molar-refractivity contribution >= 4 is 11.3 Å². The molecular formula is C12H17NS. The van der Waals surface area contributed by atoms with E-state index < -0.39 is 0 Å². The lowest BCUT2D eigenvalue weighted by Gasteiger charge is -2.08. The van der Waals surface area contributed by atoms with Crippen molar-refractivity contribution in [2.75, 3.05) is 13.1 Å². The minimum atomic E-state index is 0.825. The topological polar surface area (TPSA) is 12.0 Å². The molecule has 2 heteroatoms. The zero-order valence-electron chi connectivity index (χ0n) is 8.51. The second-order valence-electron chi connectivity index (χ2n) is 4.49. The van der Waals surface area contributed by atoms with Crippen LogP contribution >= 0.6 is 11.3 Å². The molecule has 1 aromatic heterocycles. The zero-order valence-corrected chi connectivity index (χ0v) is 9.33. The lowest BCUT2D eigenvalue weighted by molar-refractivity contribution is 0.696. The smallest absolute Gasteiger partial charge is 0.00951 e. The molecule has 14 heavy (non-hydrogen) atoms. The summed E-state index contributed by atoms with van der Waals surface area (Å²) in [5.74, 6) is 0.825. The van der Waals surface area contributed by atoms with Gasteiger partial charge in [0.05, 0.1) is 0 Å². The molecule has 1 aromatic rings. The van der Waals surface area contributed by atoms with E-state index in [9.17, 15) is 0 Å². The Kier molecular flexibility index (Phi) is 2.34. The van der Waals surface area contributed by atoms with E-state index >= 15 is 0 Å². The molecular weight excluding hydrogens is 190 g/mol. The summed E-state index contributed by atoms with van der Waals surface area (Å²) in [6.45, 7) is 2.42. The first-order valence-electron chi connectivity index (χ1n) is 5.75. The molecule has 0 radical (unpaired) electrons. The van der Waals surface area contributed by atoms with Gasteiger partial charge in [-0.05, 0) is 50.3 Å². The second-order valence-corrected chi connectivity index (χ2v) is 5.66. The van der Waals surface area contributed by atoms with Crippen LogP contribution in [0.4, 0.5) is 0 Å². The number of aryl methyl sites for hydroxylation is 2. The molecule has 0 amide bonds. The Balaban J connectivity index is 1.87. The van der Waals surface area contributed by atoms with Crippen molar-refractivity contribution in [3.8, 4) is 0 Å². The molecule has 0 spiro atoms. The number of fused-ring (bicyclic) bond motifs is 1. The molecule has 76 valence electrons. The number of hydrogen-bond acceptors (Lipinski definition) is 2. The Labute approximate surface area is 89.5 Å². The molecule has 2 aliphatic rings. The van der Waals surface area contributed by atoms with Crippen molar-refractivity contribution in [1.29, 1.82) is 0 Å². The monoisotopic (exact) mass is 207 g/mol. The normalized spacial score (nSPS) is 26.4. The number of rotatable bonds is 1. The van der Waals surface area contributed by atoms with E-state index in [1.165, 1.54) is 45.2 Å². The lowest BCUT2D eigenvalue weighted by Crippen LogP contribution is -2.07. The molecule has 0 bridgehead atoms. The van der Waals surface area contributed by atoms with E-state index in [1.807, 2.05) is 0 Å². The Morgan fingerprint density at radius 1 is 1.29 bits per heavy atom. The van der Waals surface area contributed by atoms with Gasteiger partial charge >= 0.3 is 0 Å². The maximum absolute atomic E-state index is 3.46. The Morgan fingerprint density at radius 2 is 2.21 bits per heavy atom. The largest absolute Gasteiger partial charge is 0.316 e. The van der Waals surface area contributed by atoms with Gasteiger partial charge in [0.25, 0.3) is 0 Å². The van der Waals surface area contributed by atoms with Crippen LogP contribution in [0.1, 0.15) is 40.5 Å². The molecule has 1 N–H and O–H groups in total. The molecule has 1 saturated heterocycles. The maximum Gasteiger partial charge on any atom is 0.00951 e. The van der Waals surface area contributed by atoms with Gasteiger partial charge in [-0.15, -0.1) is 11.3 Å². The first kappa shape index (κ1) is 8.93. The summed E-state index contributed by atoms with van der Waals surface area (Å²) >= 11 is 2.09.